The fourth-order valence-corrected chi connectivity index (χ4v) is 1.96. The van der Waals surface area contributed by atoms with Crippen LogP contribution >= 0.6 is 0 Å². The molecule has 1 aliphatic heterocycles. The van der Waals surface area contributed by atoms with Crippen molar-refractivity contribution in [2.45, 2.75) is 33.1 Å². The molecule has 0 atom stereocenters. The summed E-state index contributed by atoms with van der Waals surface area (Å²) in [5.74, 6) is 0. The highest BCUT2D eigenvalue weighted by Crippen LogP contribution is 2.24. The lowest BCUT2D eigenvalue weighted by Gasteiger charge is -2.07. The zero-order valence-electron chi connectivity index (χ0n) is 8.25. The fourth-order valence-electron chi connectivity index (χ4n) is 1.96. The molecule has 0 amide bonds. The van der Waals surface area contributed by atoms with E-state index in [1.165, 1.54) is 11.3 Å². The first-order valence-electron chi connectivity index (χ1n) is 4.72. The minimum absolute atomic E-state index is 0.559. The highest BCUT2D eigenvalue weighted by atomic mass is 15.3. The van der Waals surface area contributed by atoms with Crippen LogP contribution in [0, 0.1) is 0 Å². The molecular formula is C9H16N4. The molecule has 72 valence electrons. The Balaban J connectivity index is 2.43. The van der Waals surface area contributed by atoms with Crippen LogP contribution in [0.25, 0.3) is 0 Å². The summed E-state index contributed by atoms with van der Waals surface area (Å²) in [4.78, 5) is 2.29. The average molecular weight is 180 g/mol. The van der Waals surface area contributed by atoms with E-state index in [1.54, 1.807) is 0 Å². The van der Waals surface area contributed by atoms with Crippen molar-refractivity contribution in [1.82, 2.24) is 14.7 Å². The van der Waals surface area contributed by atoms with Gasteiger partial charge < -0.3 is 5.73 Å². The number of fused-ring (bicyclic) bond motifs is 1. The summed E-state index contributed by atoms with van der Waals surface area (Å²) in [6, 6.07) is 0. The molecule has 1 aromatic rings. The molecule has 0 fully saturated rings. The zero-order valence-corrected chi connectivity index (χ0v) is 8.25. The van der Waals surface area contributed by atoms with Crippen molar-refractivity contribution in [3.63, 3.8) is 0 Å². The summed E-state index contributed by atoms with van der Waals surface area (Å²) >= 11 is 0. The first kappa shape index (κ1) is 8.72. The first-order chi connectivity index (χ1) is 6.26. The van der Waals surface area contributed by atoms with Gasteiger partial charge in [0.05, 0.1) is 11.4 Å². The van der Waals surface area contributed by atoms with Crippen LogP contribution in [0.2, 0.25) is 0 Å². The Morgan fingerprint density at radius 2 is 2.23 bits per heavy atom. The fraction of sp³-hybridized carbons (Fsp3) is 0.667. The van der Waals surface area contributed by atoms with Crippen molar-refractivity contribution < 1.29 is 0 Å². The van der Waals surface area contributed by atoms with Crippen molar-refractivity contribution >= 4 is 0 Å². The van der Waals surface area contributed by atoms with Crippen LogP contribution in [0.1, 0.15) is 23.9 Å². The number of aryl methyl sites for hydroxylation is 1. The van der Waals surface area contributed by atoms with Crippen molar-refractivity contribution in [1.29, 1.82) is 0 Å². The highest BCUT2D eigenvalue weighted by Gasteiger charge is 2.23. The van der Waals surface area contributed by atoms with Crippen molar-refractivity contribution in [2.75, 3.05) is 7.05 Å². The quantitative estimate of drug-likeness (QED) is 0.712. The van der Waals surface area contributed by atoms with Gasteiger partial charge in [0.2, 0.25) is 0 Å². The lowest BCUT2D eigenvalue weighted by atomic mass is 10.2. The normalized spacial score (nSPS) is 16.5. The first-order valence-corrected chi connectivity index (χ1v) is 4.72. The van der Waals surface area contributed by atoms with Gasteiger partial charge in [-0.15, -0.1) is 0 Å². The Labute approximate surface area is 78.3 Å². The Kier molecular flexibility index (Phi) is 2.09. The van der Waals surface area contributed by atoms with Crippen LogP contribution in [-0.4, -0.2) is 21.7 Å². The molecular weight excluding hydrogens is 164 g/mol. The number of nitrogens with two attached hydrogens (primary N) is 1. The van der Waals surface area contributed by atoms with Crippen LogP contribution in [0.3, 0.4) is 0 Å². The van der Waals surface area contributed by atoms with Crippen LogP contribution in [-0.2, 0) is 26.2 Å². The van der Waals surface area contributed by atoms with Gasteiger partial charge in [-0.1, -0.05) is 0 Å². The van der Waals surface area contributed by atoms with Gasteiger partial charge in [0, 0.05) is 31.7 Å². The average Bonchev–Trinajstić information content (AvgIpc) is 2.61. The molecule has 0 aliphatic carbocycles. The van der Waals surface area contributed by atoms with E-state index in [2.05, 4.69) is 28.7 Å². The molecule has 4 heteroatoms. The topological polar surface area (TPSA) is 47.1 Å². The van der Waals surface area contributed by atoms with E-state index in [0.717, 1.165) is 25.3 Å². The number of hydrogen-bond acceptors (Lipinski definition) is 3. The van der Waals surface area contributed by atoms with Gasteiger partial charge in [0.1, 0.15) is 0 Å². The third kappa shape index (κ3) is 1.26. The molecule has 0 unspecified atom stereocenters. The highest BCUT2D eigenvalue weighted by molar-refractivity contribution is 5.29. The second-order valence-electron chi connectivity index (χ2n) is 3.56. The van der Waals surface area contributed by atoms with Crippen molar-refractivity contribution in [3.05, 3.63) is 17.0 Å². The molecule has 4 nitrogen and oxygen atoms in total. The third-order valence-corrected chi connectivity index (χ3v) is 2.59. The predicted molar refractivity (Wildman–Crippen MR) is 51.0 cm³/mol. The van der Waals surface area contributed by atoms with Gasteiger partial charge in [0.15, 0.2) is 0 Å². The van der Waals surface area contributed by atoms with Crippen molar-refractivity contribution in [2.24, 2.45) is 5.73 Å². The number of rotatable bonds is 2. The molecule has 1 aliphatic rings. The molecule has 0 saturated heterocycles. The van der Waals surface area contributed by atoms with E-state index in [9.17, 15) is 0 Å². The maximum atomic E-state index is 5.64. The number of hydrogen-bond donors (Lipinski definition) is 1. The standard InChI is InChI=1S/C9H16N4/c1-3-13-9-6-12(2)5-7(9)8(4-10)11-13/h3-6,10H2,1-2H3. The van der Waals surface area contributed by atoms with Gasteiger partial charge >= 0.3 is 0 Å². The largest absolute Gasteiger partial charge is 0.325 e. The lowest BCUT2D eigenvalue weighted by molar-refractivity contribution is 0.340. The second kappa shape index (κ2) is 3.12. The Morgan fingerprint density at radius 1 is 1.46 bits per heavy atom. The summed E-state index contributed by atoms with van der Waals surface area (Å²) in [5, 5.41) is 4.47. The molecule has 0 bridgehead atoms. The molecule has 0 spiro atoms. The summed E-state index contributed by atoms with van der Waals surface area (Å²) < 4.78 is 2.07. The number of aromatic nitrogens is 2. The summed E-state index contributed by atoms with van der Waals surface area (Å²) in [5.41, 5.74) is 9.42. The smallest absolute Gasteiger partial charge is 0.0808 e. The molecule has 0 aromatic carbocycles. The molecule has 2 N–H and O–H groups in total. The van der Waals surface area contributed by atoms with E-state index in [0.29, 0.717) is 6.54 Å². The van der Waals surface area contributed by atoms with Crippen LogP contribution in [0.15, 0.2) is 0 Å². The van der Waals surface area contributed by atoms with E-state index in [1.807, 2.05) is 0 Å². The Hall–Kier alpha value is -0.870. The van der Waals surface area contributed by atoms with Gasteiger partial charge in [0.25, 0.3) is 0 Å². The Bertz CT molecular complexity index is 287. The van der Waals surface area contributed by atoms with Gasteiger partial charge in [-0.25, -0.2) is 0 Å². The third-order valence-electron chi connectivity index (χ3n) is 2.59. The summed E-state index contributed by atoms with van der Waals surface area (Å²) in [6.07, 6.45) is 0. The van der Waals surface area contributed by atoms with Crippen LogP contribution in [0.5, 0.6) is 0 Å². The maximum Gasteiger partial charge on any atom is 0.0808 e. The monoisotopic (exact) mass is 180 g/mol. The van der Waals surface area contributed by atoms with E-state index < -0.39 is 0 Å². The van der Waals surface area contributed by atoms with E-state index in [4.69, 9.17) is 5.73 Å². The lowest BCUT2D eigenvalue weighted by Crippen LogP contribution is -2.13. The molecule has 13 heavy (non-hydrogen) atoms. The summed E-state index contributed by atoms with van der Waals surface area (Å²) in [7, 11) is 2.13. The number of nitrogens with zero attached hydrogens (tertiary/aromatic N) is 3. The van der Waals surface area contributed by atoms with E-state index >= 15 is 0 Å². The van der Waals surface area contributed by atoms with Crippen molar-refractivity contribution in [3.8, 4) is 0 Å². The SMILES string of the molecule is CCn1nc(CN)c2c1CN(C)C2. The molecule has 2 heterocycles. The van der Waals surface area contributed by atoms with E-state index in [-0.39, 0.29) is 0 Å². The minimum atomic E-state index is 0.559. The summed E-state index contributed by atoms with van der Waals surface area (Å²) in [6.45, 7) is 5.63. The predicted octanol–water partition coefficient (Wildman–Crippen LogP) is 0.307. The van der Waals surface area contributed by atoms with Gasteiger partial charge in [-0.05, 0) is 14.0 Å². The molecule has 0 saturated carbocycles. The molecule has 1 aromatic heterocycles. The van der Waals surface area contributed by atoms with Crippen LogP contribution < -0.4 is 5.73 Å². The minimum Gasteiger partial charge on any atom is -0.325 e. The second-order valence-corrected chi connectivity index (χ2v) is 3.56. The zero-order chi connectivity index (χ0) is 9.42. The van der Waals surface area contributed by atoms with Gasteiger partial charge in [-0.2, -0.15) is 5.10 Å². The maximum absolute atomic E-state index is 5.64. The molecule has 0 radical (unpaired) electrons. The van der Waals surface area contributed by atoms with Crippen LogP contribution in [0.4, 0.5) is 0 Å². The Morgan fingerprint density at radius 3 is 2.85 bits per heavy atom. The molecule has 2 rings (SSSR count). The van der Waals surface area contributed by atoms with Gasteiger partial charge in [-0.3, -0.25) is 9.58 Å².